The molecular formula is C19H25N3O8S. The number of phenolic OH excluding ortho intramolecular Hbond substituents is 2. The highest BCUT2D eigenvalue weighted by atomic mass is 32.2. The maximum Gasteiger partial charge on any atom is 0.339 e. The van der Waals surface area contributed by atoms with E-state index in [1.54, 1.807) is 7.05 Å². The van der Waals surface area contributed by atoms with Gasteiger partial charge in [0.15, 0.2) is 0 Å². The van der Waals surface area contributed by atoms with Crippen LogP contribution < -0.4 is 16.0 Å². The van der Waals surface area contributed by atoms with Crippen molar-refractivity contribution in [1.29, 1.82) is 0 Å². The number of carboxylic acids is 1. The summed E-state index contributed by atoms with van der Waals surface area (Å²) in [5, 5.41) is 37.2. The van der Waals surface area contributed by atoms with Crippen LogP contribution in [0.15, 0.2) is 6.07 Å². The third-order valence-electron chi connectivity index (χ3n) is 4.63. The van der Waals surface area contributed by atoms with Gasteiger partial charge in [-0.1, -0.05) is 0 Å². The molecule has 2 rings (SSSR count). The van der Waals surface area contributed by atoms with Gasteiger partial charge in [-0.25, -0.2) is 9.59 Å². The Balaban J connectivity index is 2.38. The second-order valence-corrected chi connectivity index (χ2v) is 7.91. The first-order valence-electron chi connectivity index (χ1n) is 9.42. The van der Waals surface area contributed by atoms with Crippen LogP contribution in [0.1, 0.15) is 27.9 Å². The molecule has 12 heteroatoms. The number of carbonyl (C=O) groups is 4. The number of fused-ring (bicyclic) bond motifs is 1. The van der Waals surface area contributed by atoms with Gasteiger partial charge in [0.25, 0.3) is 0 Å². The Morgan fingerprint density at radius 3 is 2.65 bits per heavy atom. The normalized spacial score (nSPS) is 19.8. The van der Waals surface area contributed by atoms with Crippen molar-refractivity contribution in [2.75, 3.05) is 26.0 Å². The van der Waals surface area contributed by atoms with E-state index < -0.39 is 42.4 Å². The molecule has 0 fully saturated rings. The van der Waals surface area contributed by atoms with Crippen LogP contribution in [0.5, 0.6) is 11.5 Å². The van der Waals surface area contributed by atoms with Crippen molar-refractivity contribution in [3.63, 3.8) is 0 Å². The molecule has 170 valence electrons. The fraction of sp³-hybridized carbons (Fsp3) is 0.474. The van der Waals surface area contributed by atoms with E-state index >= 15 is 0 Å². The van der Waals surface area contributed by atoms with Gasteiger partial charge >= 0.3 is 11.9 Å². The lowest BCUT2D eigenvalue weighted by atomic mass is 10.0. The maximum absolute atomic E-state index is 12.7. The first-order chi connectivity index (χ1) is 14.6. The van der Waals surface area contributed by atoms with Crippen LogP contribution in [0.2, 0.25) is 0 Å². The van der Waals surface area contributed by atoms with Crippen LogP contribution in [0.25, 0.3) is 0 Å². The molecule has 0 spiro atoms. The van der Waals surface area contributed by atoms with E-state index in [0.717, 1.165) is 17.8 Å². The monoisotopic (exact) mass is 455 g/mol. The molecule has 1 aromatic rings. The molecule has 0 bridgehead atoms. The second kappa shape index (κ2) is 10.9. The van der Waals surface area contributed by atoms with E-state index in [2.05, 4.69) is 16.0 Å². The number of rotatable bonds is 5. The average molecular weight is 455 g/mol. The minimum Gasteiger partial charge on any atom is -0.508 e. The molecule has 1 heterocycles. The standard InChI is InChI=1S/C19H25N3O8S/c1-9-13(23)5-14(24)10-7-31-8-12(18(27)28)22-17(26)11(6-30-19(29)16(9)10)21-15(25)3-4-20-2/h5,11-12,20,23-24H,3-4,6-8H2,1-2H3,(H,21,25)(H,22,26)(H,27,28)/t11-,12-/m0/s1. The SMILES string of the molecule is CNCCC(=O)N[C@H]1COC(=O)c2c(C)c(O)cc(O)c2CSC[C@@H](C(=O)O)NC1=O. The number of carboxylic acid groups (broad SMARTS) is 1. The van der Waals surface area contributed by atoms with Crippen LogP contribution in [0.3, 0.4) is 0 Å². The Morgan fingerprint density at radius 2 is 2.00 bits per heavy atom. The zero-order valence-electron chi connectivity index (χ0n) is 17.1. The van der Waals surface area contributed by atoms with Crippen LogP contribution in [0, 0.1) is 6.92 Å². The molecular weight excluding hydrogens is 430 g/mol. The summed E-state index contributed by atoms with van der Waals surface area (Å²) in [6, 6.07) is -1.50. The molecule has 0 saturated heterocycles. The van der Waals surface area contributed by atoms with Gasteiger partial charge in [-0.15, -0.1) is 0 Å². The predicted octanol–water partition coefficient (Wildman–Crippen LogP) is -0.526. The van der Waals surface area contributed by atoms with Crippen molar-refractivity contribution in [1.82, 2.24) is 16.0 Å². The van der Waals surface area contributed by atoms with Gasteiger partial charge in [0, 0.05) is 41.7 Å². The lowest BCUT2D eigenvalue weighted by molar-refractivity contribution is -0.141. The number of aliphatic carboxylic acids is 1. The van der Waals surface area contributed by atoms with Gasteiger partial charge in [0.2, 0.25) is 11.8 Å². The van der Waals surface area contributed by atoms with E-state index in [0.29, 0.717) is 6.54 Å². The van der Waals surface area contributed by atoms with Crippen LogP contribution in [-0.2, 0) is 24.9 Å². The summed E-state index contributed by atoms with van der Waals surface area (Å²) in [6.45, 7) is 1.25. The van der Waals surface area contributed by atoms with Crippen molar-refractivity contribution < 1.29 is 39.2 Å². The van der Waals surface area contributed by atoms with Crippen LogP contribution >= 0.6 is 11.8 Å². The molecule has 0 radical (unpaired) electrons. The van der Waals surface area contributed by atoms with Gasteiger partial charge in [-0.05, 0) is 14.0 Å². The third-order valence-corrected chi connectivity index (χ3v) is 5.69. The largest absolute Gasteiger partial charge is 0.508 e. The molecule has 0 aliphatic carbocycles. The first kappa shape index (κ1) is 24.3. The van der Waals surface area contributed by atoms with Gasteiger partial charge < -0.3 is 36.0 Å². The molecule has 0 aromatic heterocycles. The van der Waals surface area contributed by atoms with Gasteiger partial charge in [0.1, 0.15) is 30.2 Å². The van der Waals surface area contributed by atoms with Gasteiger partial charge in [-0.3, -0.25) is 9.59 Å². The molecule has 1 aromatic carbocycles. The van der Waals surface area contributed by atoms with E-state index in [1.807, 2.05) is 0 Å². The Bertz CT molecular complexity index is 876. The predicted molar refractivity (Wildman–Crippen MR) is 111 cm³/mol. The molecule has 2 amide bonds. The zero-order chi connectivity index (χ0) is 23.1. The molecule has 11 nitrogen and oxygen atoms in total. The number of nitrogens with one attached hydrogen (secondary N) is 3. The highest BCUT2D eigenvalue weighted by Gasteiger charge is 2.30. The molecule has 2 atom stereocenters. The smallest absolute Gasteiger partial charge is 0.339 e. The Hall–Kier alpha value is -2.99. The number of hydrogen-bond acceptors (Lipinski definition) is 9. The number of cyclic esters (lactones) is 1. The summed E-state index contributed by atoms with van der Waals surface area (Å²) in [7, 11) is 1.65. The van der Waals surface area contributed by atoms with Crippen molar-refractivity contribution in [3.8, 4) is 11.5 Å². The number of aromatic hydroxyl groups is 2. The zero-order valence-corrected chi connectivity index (χ0v) is 17.9. The number of ether oxygens (including phenoxy) is 1. The lowest BCUT2D eigenvalue weighted by Crippen LogP contribution is -2.54. The number of benzene rings is 1. The van der Waals surface area contributed by atoms with Crippen LogP contribution in [-0.4, -0.2) is 77.1 Å². The highest BCUT2D eigenvalue weighted by molar-refractivity contribution is 7.98. The van der Waals surface area contributed by atoms with Crippen molar-refractivity contribution in [2.45, 2.75) is 31.2 Å². The number of esters is 1. The highest BCUT2D eigenvalue weighted by Crippen LogP contribution is 2.35. The summed E-state index contributed by atoms with van der Waals surface area (Å²) < 4.78 is 5.21. The Labute approximate surface area is 182 Å². The number of phenols is 2. The number of amides is 2. The Morgan fingerprint density at radius 1 is 1.29 bits per heavy atom. The topological polar surface area (TPSA) is 174 Å². The fourth-order valence-electron chi connectivity index (χ4n) is 2.87. The van der Waals surface area contributed by atoms with Gasteiger partial charge in [-0.2, -0.15) is 11.8 Å². The summed E-state index contributed by atoms with van der Waals surface area (Å²) in [5.41, 5.74) is 0.276. The lowest BCUT2D eigenvalue weighted by Gasteiger charge is -2.23. The molecule has 1 aliphatic rings. The van der Waals surface area contributed by atoms with E-state index in [1.165, 1.54) is 6.92 Å². The van der Waals surface area contributed by atoms with Crippen molar-refractivity contribution >= 4 is 35.5 Å². The number of thioether (sulfide) groups is 1. The maximum atomic E-state index is 12.7. The molecule has 6 N–H and O–H groups in total. The second-order valence-electron chi connectivity index (χ2n) is 6.88. The summed E-state index contributed by atoms with van der Waals surface area (Å²) in [5.74, 6) is -4.15. The summed E-state index contributed by atoms with van der Waals surface area (Å²) >= 11 is 1.07. The Kier molecular flexibility index (Phi) is 8.51. The minimum atomic E-state index is -1.32. The van der Waals surface area contributed by atoms with E-state index in [-0.39, 0.29) is 46.1 Å². The van der Waals surface area contributed by atoms with E-state index in [9.17, 15) is 34.5 Å². The number of carbonyl (C=O) groups excluding carboxylic acids is 3. The van der Waals surface area contributed by atoms with Crippen molar-refractivity contribution in [3.05, 3.63) is 22.8 Å². The quantitative estimate of drug-likeness (QED) is 0.317. The summed E-state index contributed by atoms with van der Waals surface area (Å²) in [4.78, 5) is 49.0. The van der Waals surface area contributed by atoms with Gasteiger partial charge in [0.05, 0.1) is 5.56 Å². The fourth-order valence-corrected chi connectivity index (χ4v) is 3.95. The average Bonchev–Trinajstić information content (AvgIpc) is 2.70. The molecule has 0 unspecified atom stereocenters. The third kappa shape index (κ3) is 6.25. The minimum absolute atomic E-state index is 0.0429. The molecule has 31 heavy (non-hydrogen) atoms. The van der Waals surface area contributed by atoms with Crippen molar-refractivity contribution in [2.24, 2.45) is 0 Å². The number of hydrogen-bond donors (Lipinski definition) is 6. The first-order valence-corrected chi connectivity index (χ1v) is 10.6. The van der Waals surface area contributed by atoms with Crippen LogP contribution in [0.4, 0.5) is 0 Å². The molecule has 1 aliphatic heterocycles. The molecule has 0 saturated carbocycles. The van der Waals surface area contributed by atoms with E-state index in [4.69, 9.17) is 4.74 Å². The summed E-state index contributed by atoms with van der Waals surface area (Å²) in [6.07, 6.45) is 0.0517.